The van der Waals surface area contributed by atoms with E-state index >= 15 is 0 Å². The molecular weight excluding hydrogens is 416 g/mol. The second-order valence-corrected chi connectivity index (χ2v) is 9.84. The number of carbonyl (C=O) groups excluding carboxylic acids is 2. The summed E-state index contributed by atoms with van der Waals surface area (Å²) >= 11 is 3.36. The van der Waals surface area contributed by atoms with Gasteiger partial charge in [0.2, 0.25) is 0 Å². The predicted octanol–water partition coefficient (Wildman–Crippen LogP) is 4.11. The average molecular weight is 435 g/mol. The molecular formula is C19H19BrN2O3S. The summed E-state index contributed by atoms with van der Waals surface area (Å²) in [7, 11) is -2.77. The van der Waals surface area contributed by atoms with Crippen LogP contribution in [0.4, 0.5) is 0 Å². The van der Waals surface area contributed by atoms with Crippen molar-refractivity contribution < 1.29 is 13.8 Å². The lowest BCUT2D eigenvalue weighted by molar-refractivity contribution is 0.0949. The number of amides is 1. The number of hydrogen-bond acceptors (Lipinski definition) is 4. The molecule has 0 N–H and O–H groups in total. The van der Waals surface area contributed by atoms with Gasteiger partial charge in [-0.3, -0.25) is 14.6 Å². The topological polar surface area (TPSA) is 76.5 Å². The highest BCUT2D eigenvalue weighted by Crippen LogP contribution is 2.25. The number of nitrogens with zero attached hydrogens (tertiary/aromatic N) is 2. The van der Waals surface area contributed by atoms with Crippen LogP contribution in [0.5, 0.6) is 0 Å². The van der Waals surface area contributed by atoms with Gasteiger partial charge in [0.25, 0.3) is 5.91 Å². The summed E-state index contributed by atoms with van der Waals surface area (Å²) in [6, 6.07) is 8.97. The number of carbonyl (C=O) groups is 2. The first-order valence-corrected chi connectivity index (χ1v) is 11.2. The van der Waals surface area contributed by atoms with Gasteiger partial charge in [0, 0.05) is 22.8 Å². The molecule has 3 rings (SSSR count). The number of halogens is 1. The predicted molar refractivity (Wildman–Crippen MR) is 105 cm³/mol. The second kappa shape index (κ2) is 7.40. The zero-order valence-electron chi connectivity index (χ0n) is 14.6. The molecule has 1 aliphatic rings. The van der Waals surface area contributed by atoms with E-state index in [2.05, 4.69) is 25.3 Å². The first-order valence-electron chi connectivity index (χ1n) is 8.27. The fourth-order valence-corrected chi connectivity index (χ4v) is 4.68. The smallest absolute Gasteiger partial charge is 0.285 e. The average Bonchev–Trinajstić information content (AvgIpc) is 2.55. The molecule has 1 atom stereocenters. The Morgan fingerprint density at radius 1 is 1.27 bits per heavy atom. The van der Waals surface area contributed by atoms with Crippen molar-refractivity contribution in [2.45, 2.75) is 31.9 Å². The van der Waals surface area contributed by atoms with Crippen LogP contribution in [0.25, 0.3) is 0 Å². The molecule has 1 amide bonds. The summed E-state index contributed by atoms with van der Waals surface area (Å²) in [4.78, 5) is 29.4. The van der Waals surface area contributed by atoms with Gasteiger partial charge in [-0.2, -0.15) is 4.36 Å². The maximum absolute atomic E-state index is 12.9. The number of benzene rings is 1. The van der Waals surface area contributed by atoms with Gasteiger partial charge in [0.1, 0.15) is 0 Å². The van der Waals surface area contributed by atoms with Crippen LogP contribution in [0, 0.1) is 6.92 Å². The Bertz CT molecular complexity index is 1010. The molecule has 0 fully saturated rings. The van der Waals surface area contributed by atoms with Crippen molar-refractivity contribution >= 4 is 37.3 Å². The van der Waals surface area contributed by atoms with Gasteiger partial charge >= 0.3 is 0 Å². The summed E-state index contributed by atoms with van der Waals surface area (Å²) in [5.41, 5.74) is 2.72. The minimum atomic E-state index is -2.77. The molecule has 0 spiro atoms. The fraction of sp³-hybridized carbons (Fsp3) is 0.316. The van der Waals surface area contributed by atoms with Gasteiger partial charge in [-0.15, -0.1) is 0 Å². The highest BCUT2D eigenvalue weighted by Gasteiger charge is 2.26. The van der Waals surface area contributed by atoms with E-state index in [1.807, 2.05) is 24.3 Å². The third-order valence-corrected chi connectivity index (χ3v) is 6.12. The van der Waals surface area contributed by atoms with Crippen LogP contribution in [-0.2, 0) is 21.9 Å². The monoisotopic (exact) mass is 434 g/mol. The van der Waals surface area contributed by atoms with Crippen molar-refractivity contribution in [2.24, 2.45) is 4.36 Å². The van der Waals surface area contributed by atoms with Crippen LogP contribution in [0.15, 0.2) is 39.2 Å². The number of ketones is 1. The first-order chi connectivity index (χ1) is 12.2. The maximum atomic E-state index is 12.9. The molecule has 0 bridgehead atoms. The van der Waals surface area contributed by atoms with Gasteiger partial charge in [0.05, 0.1) is 32.3 Å². The van der Waals surface area contributed by atoms with Gasteiger partial charge < -0.3 is 0 Å². The number of rotatable bonds is 3. The highest BCUT2D eigenvalue weighted by molar-refractivity contribution is 9.10. The molecule has 0 radical (unpaired) electrons. The number of aromatic nitrogens is 1. The molecule has 0 aliphatic heterocycles. The number of hydrogen-bond donors (Lipinski definition) is 0. The molecule has 1 heterocycles. The zero-order chi connectivity index (χ0) is 18.9. The van der Waals surface area contributed by atoms with Crippen molar-refractivity contribution in [3.05, 3.63) is 62.9 Å². The quantitative estimate of drug-likeness (QED) is 0.727. The Kier molecular flexibility index (Phi) is 5.39. The lowest BCUT2D eigenvalue weighted by Crippen LogP contribution is -2.19. The molecule has 0 saturated heterocycles. The number of Topliss-reactive ketones (excluding diaryl/α,β-unsaturated/α-hetero) is 1. The molecule has 1 aromatic heterocycles. The summed E-state index contributed by atoms with van der Waals surface area (Å²) in [6.45, 7) is 1.78. The van der Waals surface area contributed by atoms with Crippen LogP contribution in [-0.4, -0.2) is 27.1 Å². The van der Waals surface area contributed by atoms with Crippen molar-refractivity contribution in [3.63, 3.8) is 0 Å². The van der Waals surface area contributed by atoms with E-state index in [1.165, 1.54) is 6.26 Å². The molecule has 7 heteroatoms. The van der Waals surface area contributed by atoms with Crippen molar-refractivity contribution in [3.8, 4) is 0 Å². The van der Waals surface area contributed by atoms with Gasteiger partial charge in [-0.1, -0.05) is 28.1 Å². The Labute approximate surface area is 161 Å². The van der Waals surface area contributed by atoms with Crippen LogP contribution in [0.2, 0.25) is 0 Å². The largest absolute Gasteiger partial charge is 0.294 e. The van der Waals surface area contributed by atoms with Crippen LogP contribution in [0.1, 0.15) is 50.5 Å². The van der Waals surface area contributed by atoms with E-state index in [4.69, 9.17) is 0 Å². The van der Waals surface area contributed by atoms with Crippen molar-refractivity contribution in [1.82, 2.24) is 4.98 Å². The molecule has 136 valence electrons. The van der Waals surface area contributed by atoms with Gasteiger partial charge in [-0.05, 0) is 43.5 Å². The van der Waals surface area contributed by atoms with Crippen LogP contribution >= 0.6 is 15.9 Å². The van der Waals surface area contributed by atoms with Gasteiger partial charge in [0.15, 0.2) is 5.78 Å². The lowest BCUT2D eigenvalue weighted by atomic mass is 9.90. The van der Waals surface area contributed by atoms with E-state index in [0.717, 1.165) is 16.5 Å². The third kappa shape index (κ3) is 4.27. The lowest BCUT2D eigenvalue weighted by Gasteiger charge is -2.17. The molecule has 5 nitrogen and oxygen atoms in total. The fourth-order valence-electron chi connectivity index (χ4n) is 3.09. The zero-order valence-corrected chi connectivity index (χ0v) is 17.0. The number of pyridine rings is 1. The molecule has 1 aliphatic carbocycles. The summed E-state index contributed by atoms with van der Waals surface area (Å²) in [5.74, 6) is -0.522. The SMILES string of the molecule is Cc1cc(C(=O)N=S(C)(=O)Cc2ccc(Br)cc2)c2c(n1)CCCC2=O. The van der Waals surface area contributed by atoms with Crippen LogP contribution in [0.3, 0.4) is 0 Å². The summed E-state index contributed by atoms with van der Waals surface area (Å²) in [5, 5.41) is 0. The van der Waals surface area contributed by atoms with Crippen molar-refractivity contribution in [1.29, 1.82) is 0 Å². The third-order valence-electron chi connectivity index (χ3n) is 4.17. The Balaban J connectivity index is 1.97. The van der Waals surface area contributed by atoms with E-state index in [9.17, 15) is 13.8 Å². The van der Waals surface area contributed by atoms with Crippen molar-refractivity contribution in [2.75, 3.05) is 6.26 Å². The Hall–Kier alpha value is -1.86. The van der Waals surface area contributed by atoms with E-state index in [1.54, 1.807) is 13.0 Å². The first kappa shape index (κ1) is 18.9. The molecule has 1 unspecified atom stereocenters. The van der Waals surface area contributed by atoms with E-state index < -0.39 is 15.6 Å². The molecule has 26 heavy (non-hydrogen) atoms. The number of aryl methyl sites for hydroxylation is 2. The minimum absolute atomic E-state index is 0.0900. The summed E-state index contributed by atoms with van der Waals surface area (Å²) in [6.07, 6.45) is 3.28. The van der Waals surface area contributed by atoms with Gasteiger partial charge in [-0.25, -0.2) is 4.21 Å². The second-order valence-electron chi connectivity index (χ2n) is 6.54. The Morgan fingerprint density at radius 3 is 2.65 bits per heavy atom. The normalized spacial score (nSPS) is 15.9. The van der Waals surface area contributed by atoms with E-state index in [0.29, 0.717) is 29.8 Å². The van der Waals surface area contributed by atoms with Crippen LogP contribution < -0.4 is 0 Å². The van der Waals surface area contributed by atoms with E-state index in [-0.39, 0.29) is 17.1 Å². The standard InChI is InChI=1S/C19H19BrN2O3S/c1-12-10-15(18-16(21-12)4-3-5-17(18)23)19(24)22-26(2,25)11-13-6-8-14(20)9-7-13/h6-10H,3-5,11H2,1-2H3. The molecule has 2 aromatic rings. The molecule has 1 aromatic carbocycles. The molecule has 0 saturated carbocycles. The Morgan fingerprint density at radius 2 is 1.96 bits per heavy atom. The highest BCUT2D eigenvalue weighted by atomic mass is 79.9. The summed E-state index contributed by atoms with van der Waals surface area (Å²) < 4.78 is 17.8. The maximum Gasteiger partial charge on any atom is 0.285 e. The number of fused-ring (bicyclic) bond motifs is 1. The minimum Gasteiger partial charge on any atom is -0.294 e.